The van der Waals surface area contributed by atoms with Crippen LogP contribution in [0.15, 0.2) is 70.3 Å². The van der Waals surface area contributed by atoms with Gasteiger partial charge in [0.25, 0.3) is 5.91 Å². The van der Waals surface area contributed by atoms with Gasteiger partial charge in [-0.25, -0.2) is 4.39 Å². The molecule has 34 heavy (non-hydrogen) atoms. The van der Waals surface area contributed by atoms with Crippen molar-refractivity contribution in [1.29, 1.82) is 5.41 Å². The number of rotatable bonds is 4. The molecule has 2 aliphatic rings. The second kappa shape index (κ2) is 8.70. The van der Waals surface area contributed by atoms with Crippen LogP contribution in [0.3, 0.4) is 0 Å². The number of amidine groups is 2. The topological polar surface area (TPSA) is 73.8 Å². The maximum Gasteiger partial charge on any atom is 0.283 e. The van der Waals surface area contributed by atoms with E-state index in [-0.39, 0.29) is 17.2 Å². The summed E-state index contributed by atoms with van der Waals surface area (Å²) >= 11 is 7.24. The normalized spacial score (nSPS) is 16.7. The van der Waals surface area contributed by atoms with Gasteiger partial charge in [-0.05, 0) is 85.3 Å². The summed E-state index contributed by atoms with van der Waals surface area (Å²) in [5, 5.41) is 16.4. The fourth-order valence-corrected chi connectivity index (χ4v) is 5.00. The molecule has 1 N–H and O–H groups in total. The van der Waals surface area contributed by atoms with Crippen LogP contribution in [-0.4, -0.2) is 31.5 Å². The van der Waals surface area contributed by atoms with Crippen LogP contribution < -0.4 is 0 Å². The predicted molar refractivity (Wildman–Crippen MR) is 135 cm³/mol. The van der Waals surface area contributed by atoms with Crippen LogP contribution in [-0.2, 0) is 11.2 Å². The Morgan fingerprint density at radius 2 is 1.82 bits per heavy atom. The van der Waals surface area contributed by atoms with Gasteiger partial charge in [-0.1, -0.05) is 23.7 Å². The molecule has 0 bridgehead atoms. The molecule has 0 atom stereocenters. The fraction of sp³-hybridized carbons (Fsp3) is 0.120. The van der Waals surface area contributed by atoms with Gasteiger partial charge in [0, 0.05) is 28.5 Å². The molecule has 0 saturated carbocycles. The van der Waals surface area contributed by atoms with E-state index >= 15 is 0 Å². The third-order valence-corrected chi connectivity index (χ3v) is 6.78. The van der Waals surface area contributed by atoms with E-state index in [9.17, 15) is 9.18 Å². The number of hydrogen-bond donors (Lipinski definition) is 1. The number of nitrogens with one attached hydrogen (secondary N) is 1. The van der Waals surface area contributed by atoms with Gasteiger partial charge in [-0.2, -0.15) is 15.1 Å². The highest BCUT2D eigenvalue weighted by molar-refractivity contribution is 8.26. The van der Waals surface area contributed by atoms with Crippen LogP contribution in [0.25, 0.3) is 11.8 Å². The Labute approximate surface area is 205 Å². The highest BCUT2D eigenvalue weighted by Crippen LogP contribution is 2.31. The number of halogens is 2. The second-order valence-electron chi connectivity index (χ2n) is 7.96. The van der Waals surface area contributed by atoms with Gasteiger partial charge in [0.05, 0.1) is 5.57 Å². The minimum atomic E-state index is -0.474. The van der Waals surface area contributed by atoms with E-state index in [1.165, 1.54) is 28.9 Å². The van der Waals surface area contributed by atoms with Crippen LogP contribution in [0, 0.1) is 25.1 Å². The first kappa shape index (κ1) is 22.3. The number of benzene rings is 2. The Morgan fingerprint density at radius 3 is 2.53 bits per heavy atom. The minimum Gasteiger partial charge on any atom is -0.318 e. The van der Waals surface area contributed by atoms with Crippen molar-refractivity contribution in [3.63, 3.8) is 0 Å². The summed E-state index contributed by atoms with van der Waals surface area (Å²) in [5.74, 6) is -0.790. The van der Waals surface area contributed by atoms with Gasteiger partial charge in [-0.15, -0.1) is 0 Å². The van der Waals surface area contributed by atoms with E-state index < -0.39 is 5.91 Å². The molecule has 0 fully saturated rings. The van der Waals surface area contributed by atoms with E-state index in [1.54, 1.807) is 18.2 Å². The number of hydrogen-bond acceptors (Lipinski definition) is 4. The maximum absolute atomic E-state index is 13.4. The molecular formula is C25H19ClFN5OS. The lowest BCUT2D eigenvalue weighted by Gasteiger charge is -2.20. The molecule has 2 aliphatic heterocycles. The number of nitrogens with zero attached hydrogens (tertiary/aromatic N) is 4. The van der Waals surface area contributed by atoms with Gasteiger partial charge in [-0.3, -0.25) is 10.2 Å². The number of amides is 1. The summed E-state index contributed by atoms with van der Waals surface area (Å²) in [6.45, 7) is 3.86. The van der Waals surface area contributed by atoms with Crippen molar-refractivity contribution in [1.82, 2.24) is 9.58 Å². The summed E-state index contributed by atoms with van der Waals surface area (Å²) in [7, 11) is 0. The number of aromatic nitrogens is 1. The monoisotopic (exact) mass is 491 g/mol. The largest absolute Gasteiger partial charge is 0.318 e. The van der Waals surface area contributed by atoms with E-state index in [4.69, 9.17) is 17.0 Å². The molecule has 1 amide bonds. The minimum absolute atomic E-state index is 0.0137. The van der Waals surface area contributed by atoms with Crippen molar-refractivity contribution >= 4 is 51.4 Å². The first-order valence-electron chi connectivity index (χ1n) is 10.5. The highest BCUT2D eigenvalue weighted by Gasteiger charge is 2.35. The van der Waals surface area contributed by atoms with Gasteiger partial charge in [0.2, 0.25) is 5.17 Å². The Balaban J connectivity index is 1.44. The van der Waals surface area contributed by atoms with Crippen LogP contribution in [0.1, 0.15) is 22.5 Å². The van der Waals surface area contributed by atoms with Gasteiger partial charge in [0.15, 0.2) is 5.84 Å². The SMILES string of the molecule is Cc1cc(/C=C2/C(=N)N3N=C(Cc4ccc(Cl)cc4)SC3=NC2=O)c(C)n1-c1ccc(F)cc1. The molecule has 3 heterocycles. The molecule has 0 radical (unpaired) electrons. The number of aliphatic imine (C=N–C) groups is 1. The standard InChI is InChI=1S/C25H19ClFN5OS/c1-14-11-17(15(2)31(14)20-9-7-19(27)8-10-20)13-21-23(28)32-25(29-24(21)33)34-22(30-32)12-16-3-5-18(26)6-4-16/h3-11,13,28H,12H2,1-2H3/b21-13-,28-23?. The molecule has 0 spiro atoms. The molecule has 0 aliphatic carbocycles. The smallest absolute Gasteiger partial charge is 0.283 e. The Morgan fingerprint density at radius 1 is 1.12 bits per heavy atom. The number of carbonyl (C=O) groups excluding carboxylic acids is 1. The lowest BCUT2D eigenvalue weighted by atomic mass is 10.1. The summed E-state index contributed by atoms with van der Waals surface area (Å²) in [6.07, 6.45) is 2.22. The predicted octanol–water partition coefficient (Wildman–Crippen LogP) is 5.75. The summed E-state index contributed by atoms with van der Waals surface area (Å²) in [5.41, 5.74) is 4.59. The molecule has 6 nitrogen and oxygen atoms in total. The average molecular weight is 492 g/mol. The number of hydrazone groups is 1. The van der Waals surface area contributed by atoms with Crippen LogP contribution >= 0.6 is 23.4 Å². The van der Waals surface area contributed by atoms with Crippen molar-refractivity contribution in [2.45, 2.75) is 20.3 Å². The van der Waals surface area contributed by atoms with Gasteiger partial charge < -0.3 is 4.57 Å². The first-order valence-corrected chi connectivity index (χ1v) is 11.7. The summed E-state index contributed by atoms with van der Waals surface area (Å²) in [4.78, 5) is 17.0. The molecule has 3 aromatic rings. The maximum atomic E-state index is 13.4. The van der Waals surface area contributed by atoms with E-state index in [0.29, 0.717) is 16.6 Å². The fourth-order valence-electron chi connectivity index (χ4n) is 3.96. The molecule has 170 valence electrons. The van der Waals surface area contributed by atoms with Gasteiger partial charge >= 0.3 is 0 Å². The van der Waals surface area contributed by atoms with Crippen molar-refractivity contribution in [2.24, 2.45) is 10.1 Å². The highest BCUT2D eigenvalue weighted by atomic mass is 35.5. The third-order valence-electron chi connectivity index (χ3n) is 5.62. The summed E-state index contributed by atoms with van der Waals surface area (Å²) in [6, 6.07) is 15.6. The molecule has 9 heteroatoms. The molecule has 0 unspecified atom stereocenters. The van der Waals surface area contributed by atoms with Gasteiger partial charge in [0.1, 0.15) is 10.9 Å². The van der Waals surface area contributed by atoms with E-state index in [0.717, 1.165) is 33.2 Å². The second-order valence-corrected chi connectivity index (χ2v) is 9.43. The lowest BCUT2D eigenvalue weighted by molar-refractivity contribution is -0.114. The van der Waals surface area contributed by atoms with Crippen molar-refractivity contribution in [3.05, 3.63) is 93.5 Å². The molecule has 0 saturated heterocycles. The Bertz CT molecular complexity index is 1420. The van der Waals surface area contributed by atoms with Crippen LogP contribution in [0.2, 0.25) is 5.02 Å². The number of thioether (sulfide) groups is 1. The zero-order valence-electron chi connectivity index (χ0n) is 18.3. The Kier molecular flexibility index (Phi) is 5.71. The number of aryl methyl sites for hydroxylation is 1. The Hall–Kier alpha value is -3.49. The lowest BCUT2D eigenvalue weighted by Crippen LogP contribution is -2.35. The zero-order valence-corrected chi connectivity index (χ0v) is 19.9. The van der Waals surface area contributed by atoms with Crippen molar-refractivity contribution < 1.29 is 9.18 Å². The first-order chi connectivity index (χ1) is 16.3. The summed E-state index contributed by atoms with van der Waals surface area (Å²) < 4.78 is 15.3. The molecule has 2 aromatic carbocycles. The molecule has 5 rings (SSSR count). The van der Waals surface area contributed by atoms with Crippen molar-refractivity contribution in [3.8, 4) is 5.69 Å². The average Bonchev–Trinajstić information content (AvgIpc) is 3.33. The van der Waals surface area contributed by atoms with E-state index in [1.807, 2.05) is 48.7 Å². The quantitative estimate of drug-likeness (QED) is 0.472. The third kappa shape index (κ3) is 4.10. The van der Waals surface area contributed by atoms with Crippen LogP contribution in [0.4, 0.5) is 4.39 Å². The molecular weight excluding hydrogens is 473 g/mol. The van der Waals surface area contributed by atoms with E-state index in [2.05, 4.69) is 10.1 Å². The van der Waals surface area contributed by atoms with Crippen molar-refractivity contribution in [2.75, 3.05) is 0 Å². The molecule has 1 aromatic heterocycles. The van der Waals surface area contributed by atoms with Crippen LogP contribution in [0.5, 0.6) is 0 Å². The number of fused-ring (bicyclic) bond motifs is 1. The zero-order chi connectivity index (χ0) is 24.0. The number of carbonyl (C=O) groups is 1.